The minimum Gasteiger partial charge on any atom is -0.322 e. The number of anilines is 2. The first-order valence-electron chi connectivity index (χ1n) is 10.3. The number of hydrogen-bond acceptors (Lipinski definition) is 2. The van der Waals surface area contributed by atoms with Gasteiger partial charge in [0.25, 0.3) is 11.8 Å². The van der Waals surface area contributed by atoms with Crippen LogP contribution in [0.3, 0.4) is 0 Å². The molecule has 5 rings (SSSR count). The summed E-state index contributed by atoms with van der Waals surface area (Å²) in [5.41, 5.74) is 5.44. The lowest BCUT2D eigenvalue weighted by atomic mass is 10.1. The molecule has 158 valence electrons. The van der Waals surface area contributed by atoms with Crippen molar-refractivity contribution >= 4 is 34.8 Å². The van der Waals surface area contributed by atoms with Crippen LogP contribution >= 0.6 is 11.6 Å². The number of hydrogen-bond donors (Lipinski definition) is 1. The van der Waals surface area contributed by atoms with E-state index < -0.39 is 0 Å². The molecule has 0 spiro atoms. The molecular weight excluding hydrogens is 422 g/mol. The molecule has 6 heteroatoms. The molecule has 2 heterocycles. The van der Waals surface area contributed by atoms with E-state index in [4.69, 9.17) is 11.6 Å². The lowest BCUT2D eigenvalue weighted by Crippen LogP contribution is -2.34. The predicted molar refractivity (Wildman–Crippen MR) is 127 cm³/mol. The Morgan fingerprint density at radius 2 is 1.66 bits per heavy atom. The molecule has 0 saturated carbocycles. The van der Waals surface area contributed by atoms with Gasteiger partial charge in [0.2, 0.25) is 0 Å². The molecule has 32 heavy (non-hydrogen) atoms. The minimum absolute atomic E-state index is 0.0867. The van der Waals surface area contributed by atoms with Crippen molar-refractivity contribution < 1.29 is 9.59 Å². The molecular formula is C26H20ClN3O2. The number of para-hydroxylation sites is 2. The summed E-state index contributed by atoms with van der Waals surface area (Å²) in [5.74, 6) is -0.305. The maximum absolute atomic E-state index is 13.3. The Balaban J connectivity index is 1.37. The summed E-state index contributed by atoms with van der Waals surface area (Å²) in [4.78, 5) is 27.7. The van der Waals surface area contributed by atoms with E-state index in [1.807, 2.05) is 49.5 Å². The SMILES string of the molecule is Cc1cc(Cl)ccc1C(=O)Nc1ccc(C(=O)N2Cc3cccn3-c3ccccc32)cc1. The summed E-state index contributed by atoms with van der Waals surface area (Å²) in [6.45, 7) is 2.34. The third-order valence-corrected chi connectivity index (χ3v) is 5.89. The van der Waals surface area contributed by atoms with Gasteiger partial charge in [0.1, 0.15) is 0 Å². The van der Waals surface area contributed by atoms with Crippen molar-refractivity contribution in [1.82, 2.24) is 4.57 Å². The molecule has 3 aromatic carbocycles. The van der Waals surface area contributed by atoms with Crippen molar-refractivity contribution in [2.45, 2.75) is 13.5 Å². The lowest BCUT2D eigenvalue weighted by molar-refractivity contribution is 0.0982. The van der Waals surface area contributed by atoms with Gasteiger partial charge in [-0.2, -0.15) is 0 Å². The van der Waals surface area contributed by atoms with Gasteiger partial charge in [0.15, 0.2) is 0 Å². The second kappa shape index (κ2) is 8.02. The van der Waals surface area contributed by atoms with Crippen LogP contribution in [0, 0.1) is 6.92 Å². The van der Waals surface area contributed by atoms with E-state index in [0.717, 1.165) is 22.6 Å². The smallest absolute Gasteiger partial charge is 0.258 e. The molecule has 1 aliphatic rings. The fraction of sp³-hybridized carbons (Fsp3) is 0.0769. The number of nitrogens with zero attached hydrogens (tertiary/aromatic N) is 2. The van der Waals surface area contributed by atoms with Crippen LogP contribution in [0.15, 0.2) is 85.1 Å². The van der Waals surface area contributed by atoms with E-state index in [2.05, 4.69) is 9.88 Å². The molecule has 4 aromatic rings. The average Bonchev–Trinajstić information content (AvgIpc) is 3.27. The largest absolute Gasteiger partial charge is 0.322 e. The number of halogens is 1. The van der Waals surface area contributed by atoms with Gasteiger partial charge in [-0.3, -0.25) is 9.59 Å². The van der Waals surface area contributed by atoms with Crippen molar-refractivity contribution in [3.05, 3.63) is 112 Å². The number of rotatable bonds is 3. The lowest BCUT2D eigenvalue weighted by Gasteiger charge is -2.31. The Labute approximate surface area is 190 Å². The maximum atomic E-state index is 13.3. The van der Waals surface area contributed by atoms with Gasteiger partial charge >= 0.3 is 0 Å². The van der Waals surface area contributed by atoms with Gasteiger partial charge in [0.05, 0.1) is 17.9 Å². The molecule has 1 N–H and O–H groups in total. The highest BCUT2D eigenvalue weighted by atomic mass is 35.5. The Morgan fingerprint density at radius 3 is 2.41 bits per heavy atom. The number of benzene rings is 3. The summed E-state index contributed by atoms with van der Waals surface area (Å²) in [6.07, 6.45) is 2.01. The third kappa shape index (κ3) is 3.57. The van der Waals surface area contributed by atoms with Crippen molar-refractivity contribution in [3.8, 4) is 5.69 Å². The number of amides is 2. The topological polar surface area (TPSA) is 54.3 Å². The normalized spacial score (nSPS) is 12.1. The molecule has 1 aromatic heterocycles. The van der Waals surface area contributed by atoms with Gasteiger partial charge in [-0.25, -0.2) is 0 Å². The highest BCUT2D eigenvalue weighted by Crippen LogP contribution is 2.33. The standard InChI is InChI=1S/C26H20ClN3O2/c1-17-15-19(27)10-13-22(17)25(31)28-20-11-8-18(9-12-20)26(32)30-16-21-5-4-14-29(21)23-6-2-3-7-24(23)30/h2-15H,16H2,1H3,(H,28,31). The van der Waals surface area contributed by atoms with Crippen molar-refractivity contribution in [3.63, 3.8) is 0 Å². The van der Waals surface area contributed by atoms with Gasteiger partial charge in [-0.05, 0) is 79.2 Å². The van der Waals surface area contributed by atoms with Gasteiger partial charge in [-0.1, -0.05) is 23.7 Å². The molecule has 0 fully saturated rings. The molecule has 0 atom stereocenters. The van der Waals surface area contributed by atoms with E-state index in [-0.39, 0.29) is 11.8 Å². The number of carbonyl (C=O) groups is 2. The van der Waals surface area contributed by atoms with E-state index >= 15 is 0 Å². The van der Waals surface area contributed by atoms with Crippen LogP contribution < -0.4 is 10.2 Å². The monoisotopic (exact) mass is 441 g/mol. The molecule has 0 bridgehead atoms. The summed E-state index contributed by atoms with van der Waals surface area (Å²) >= 11 is 5.98. The molecule has 5 nitrogen and oxygen atoms in total. The summed E-state index contributed by atoms with van der Waals surface area (Å²) in [7, 11) is 0. The van der Waals surface area contributed by atoms with Crippen LogP contribution in [0.5, 0.6) is 0 Å². The van der Waals surface area contributed by atoms with E-state index in [1.165, 1.54) is 0 Å². The van der Waals surface area contributed by atoms with Crippen LogP contribution in [-0.2, 0) is 6.54 Å². The Hall–Kier alpha value is -3.83. The minimum atomic E-state index is -0.219. The van der Waals surface area contributed by atoms with Crippen LogP contribution in [0.25, 0.3) is 5.69 Å². The quantitative estimate of drug-likeness (QED) is 0.433. The molecule has 0 saturated heterocycles. The Morgan fingerprint density at radius 1 is 0.906 bits per heavy atom. The van der Waals surface area contributed by atoms with Crippen LogP contribution in [0.4, 0.5) is 11.4 Å². The van der Waals surface area contributed by atoms with E-state index in [1.54, 1.807) is 47.4 Å². The zero-order chi connectivity index (χ0) is 22.2. The number of fused-ring (bicyclic) bond motifs is 3. The van der Waals surface area contributed by atoms with Gasteiger partial charge in [0, 0.05) is 33.7 Å². The highest BCUT2D eigenvalue weighted by Gasteiger charge is 2.26. The molecule has 1 aliphatic heterocycles. The second-order valence-electron chi connectivity index (χ2n) is 7.74. The zero-order valence-corrected chi connectivity index (χ0v) is 18.1. The fourth-order valence-electron chi connectivity index (χ4n) is 4.04. The van der Waals surface area contributed by atoms with Crippen LogP contribution in [-0.4, -0.2) is 16.4 Å². The van der Waals surface area contributed by atoms with E-state index in [9.17, 15) is 9.59 Å². The predicted octanol–water partition coefficient (Wildman–Crippen LogP) is 5.85. The number of aromatic nitrogens is 1. The first kappa shape index (κ1) is 20.1. The Bertz CT molecular complexity index is 1340. The number of nitrogens with one attached hydrogen (secondary N) is 1. The Kier molecular flexibility index (Phi) is 5.04. The molecule has 0 radical (unpaired) electrons. The van der Waals surface area contributed by atoms with Gasteiger partial charge in [-0.15, -0.1) is 0 Å². The zero-order valence-electron chi connectivity index (χ0n) is 17.4. The second-order valence-corrected chi connectivity index (χ2v) is 8.18. The van der Waals surface area contributed by atoms with Crippen molar-refractivity contribution in [1.29, 1.82) is 0 Å². The average molecular weight is 442 g/mol. The molecule has 0 aliphatic carbocycles. The van der Waals surface area contributed by atoms with Crippen molar-refractivity contribution in [2.24, 2.45) is 0 Å². The highest BCUT2D eigenvalue weighted by molar-refractivity contribution is 6.30. The fourth-order valence-corrected chi connectivity index (χ4v) is 4.26. The van der Waals surface area contributed by atoms with Crippen molar-refractivity contribution in [2.75, 3.05) is 10.2 Å². The summed E-state index contributed by atoms with van der Waals surface area (Å²) in [5, 5.41) is 3.47. The third-order valence-electron chi connectivity index (χ3n) is 5.65. The van der Waals surface area contributed by atoms with Crippen LogP contribution in [0.1, 0.15) is 32.0 Å². The van der Waals surface area contributed by atoms with Crippen LogP contribution in [0.2, 0.25) is 5.02 Å². The summed E-state index contributed by atoms with van der Waals surface area (Å²) < 4.78 is 2.11. The summed E-state index contributed by atoms with van der Waals surface area (Å²) in [6, 6.07) is 24.0. The first-order valence-corrected chi connectivity index (χ1v) is 10.6. The maximum Gasteiger partial charge on any atom is 0.258 e. The molecule has 0 unspecified atom stereocenters. The molecule has 2 amide bonds. The number of aryl methyl sites for hydroxylation is 1. The number of carbonyl (C=O) groups excluding carboxylic acids is 2. The first-order chi connectivity index (χ1) is 15.5. The van der Waals surface area contributed by atoms with Gasteiger partial charge < -0.3 is 14.8 Å². The van der Waals surface area contributed by atoms with E-state index in [0.29, 0.717) is 28.4 Å².